The lowest BCUT2D eigenvalue weighted by atomic mass is 10.3. The fourth-order valence-electron chi connectivity index (χ4n) is 1.48. The smallest absolute Gasteiger partial charge is 0.207 e. The van der Waals surface area contributed by atoms with Gasteiger partial charge in [-0.3, -0.25) is 0 Å². The standard InChI is InChI=1S/C10H7BrN6/c11-8-2-1-3-9(4-8)17-6-7(5-12-17)10-13-15-16-14-10/h1-6H,(H,13,14,15,16). The third kappa shape index (κ3) is 1.96. The largest absolute Gasteiger partial charge is 0.240 e. The van der Waals surface area contributed by atoms with E-state index in [1.165, 1.54) is 0 Å². The van der Waals surface area contributed by atoms with Gasteiger partial charge in [-0.25, -0.2) is 4.68 Å². The minimum absolute atomic E-state index is 0.534. The van der Waals surface area contributed by atoms with E-state index < -0.39 is 0 Å². The van der Waals surface area contributed by atoms with Gasteiger partial charge in [0.05, 0.1) is 17.4 Å². The minimum Gasteiger partial charge on any atom is -0.240 e. The number of halogens is 1. The Morgan fingerprint density at radius 1 is 1.29 bits per heavy atom. The summed E-state index contributed by atoms with van der Waals surface area (Å²) >= 11 is 3.42. The summed E-state index contributed by atoms with van der Waals surface area (Å²) in [5, 5.41) is 18.0. The van der Waals surface area contributed by atoms with Crippen molar-refractivity contribution in [2.75, 3.05) is 0 Å². The van der Waals surface area contributed by atoms with Crippen molar-refractivity contribution in [2.45, 2.75) is 0 Å². The molecule has 3 aromatic rings. The van der Waals surface area contributed by atoms with Crippen LogP contribution >= 0.6 is 15.9 Å². The average molecular weight is 291 g/mol. The summed E-state index contributed by atoms with van der Waals surface area (Å²) in [5.41, 5.74) is 1.79. The lowest BCUT2D eigenvalue weighted by Crippen LogP contribution is -1.93. The van der Waals surface area contributed by atoms with Crippen LogP contribution in [0.15, 0.2) is 41.1 Å². The predicted molar refractivity (Wildman–Crippen MR) is 64.4 cm³/mol. The van der Waals surface area contributed by atoms with Gasteiger partial charge in [-0.2, -0.15) is 10.3 Å². The summed E-state index contributed by atoms with van der Waals surface area (Å²) in [6, 6.07) is 7.87. The molecule has 7 heteroatoms. The zero-order chi connectivity index (χ0) is 11.7. The summed E-state index contributed by atoms with van der Waals surface area (Å²) in [6.07, 6.45) is 3.55. The van der Waals surface area contributed by atoms with E-state index in [1.807, 2.05) is 30.5 Å². The molecular weight excluding hydrogens is 284 g/mol. The molecule has 1 aromatic carbocycles. The van der Waals surface area contributed by atoms with Crippen molar-refractivity contribution in [1.82, 2.24) is 30.4 Å². The molecule has 17 heavy (non-hydrogen) atoms. The Labute approximate surface area is 105 Å². The van der Waals surface area contributed by atoms with Gasteiger partial charge in [0.2, 0.25) is 5.82 Å². The Morgan fingerprint density at radius 3 is 3.00 bits per heavy atom. The van der Waals surface area contributed by atoms with E-state index in [9.17, 15) is 0 Å². The van der Waals surface area contributed by atoms with Crippen LogP contribution in [0.4, 0.5) is 0 Å². The Balaban J connectivity index is 2.01. The fourth-order valence-corrected chi connectivity index (χ4v) is 1.87. The molecule has 0 amide bonds. The number of aromatic amines is 1. The Bertz CT molecular complexity index is 630. The first-order valence-corrected chi connectivity index (χ1v) is 5.67. The lowest BCUT2D eigenvalue weighted by molar-refractivity contribution is 0.880. The van der Waals surface area contributed by atoms with Gasteiger partial charge in [-0.15, -0.1) is 10.2 Å². The van der Waals surface area contributed by atoms with Gasteiger partial charge in [-0.05, 0) is 23.4 Å². The Morgan fingerprint density at radius 2 is 2.24 bits per heavy atom. The van der Waals surface area contributed by atoms with Gasteiger partial charge in [0.15, 0.2) is 0 Å². The molecule has 3 rings (SSSR count). The van der Waals surface area contributed by atoms with Crippen molar-refractivity contribution in [3.05, 3.63) is 41.1 Å². The summed E-state index contributed by atoms with van der Waals surface area (Å²) in [7, 11) is 0. The summed E-state index contributed by atoms with van der Waals surface area (Å²) in [6.45, 7) is 0. The summed E-state index contributed by atoms with van der Waals surface area (Å²) in [5.74, 6) is 0.534. The number of hydrogen-bond donors (Lipinski definition) is 1. The normalized spacial score (nSPS) is 10.6. The monoisotopic (exact) mass is 290 g/mol. The molecule has 0 aliphatic carbocycles. The quantitative estimate of drug-likeness (QED) is 0.781. The minimum atomic E-state index is 0.534. The molecule has 0 aliphatic rings. The average Bonchev–Trinajstić information content (AvgIpc) is 3.00. The van der Waals surface area contributed by atoms with Gasteiger partial charge < -0.3 is 0 Å². The molecule has 0 spiro atoms. The van der Waals surface area contributed by atoms with E-state index in [1.54, 1.807) is 10.9 Å². The van der Waals surface area contributed by atoms with Gasteiger partial charge in [-0.1, -0.05) is 22.0 Å². The number of nitrogens with zero attached hydrogens (tertiary/aromatic N) is 5. The molecule has 0 unspecified atom stereocenters. The van der Waals surface area contributed by atoms with E-state index in [-0.39, 0.29) is 0 Å². The molecule has 1 N–H and O–H groups in total. The van der Waals surface area contributed by atoms with Crippen LogP contribution in [0.2, 0.25) is 0 Å². The first-order chi connectivity index (χ1) is 8.33. The number of aromatic nitrogens is 6. The highest BCUT2D eigenvalue weighted by Crippen LogP contribution is 2.18. The molecule has 0 saturated heterocycles. The topological polar surface area (TPSA) is 72.3 Å². The van der Waals surface area contributed by atoms with Gasteiger partial charge in [0, 0.05) is 10.7 Å². The van der Waals surface area contributed by atoms with Crippen molar-refractivity contribution in [3.63, 3.8) is 0 Å². The number of rotatable bonds is 2. The van der Waals surface area contributed by atoms with E-state index >= 15 is 0 Å². The van der Waals surface area contributed by atoms with Crippen LogP contribution < -0.4 is 0 Å². The third-order valence-corrected chi connectivity index (χ3v) is 2.75. The second-order valence-electron chi connectivity index (χ2n) is 3.39. The van der Waals surface area contributed by atoms with E-state index in [0.717, 1.165) is 15.7 Å². The number of nitrogens with one attached hydrogen (secondary N) is 1. The zero-order valence-electron chi connectivity index (χ0n) is 8.58. The molecule has 0 radical (unpaired) electrons. The predicted octanol–water partition coefficient (Wildman–Crippen LogP) is 1.81. The molecule has 84 valence electrons. The maximum absolute atomic E-state index is 4.26. The van der Waals surface area contributed by atoms with Gasteiger partial charge >= 0.3 is 0 Å². The Hall–Kier alpha value is -2.02. The molecule has 0 atom stereocenters. The van der Waals surface area contributed by atoms with Gasteiger partial charge in [0.1, 0.15) is 0 Å². The lowest BCUT2D eigenvalue weighted by Gasteiger charge is -2.00. The van der Waals surface area contributed by atoms with E-state index in [4.69, 9.17) is 0 Å². The van der Waals surface area contributed by atoms with Crippen LogP contribution in [0.25, 0.3) is 17.1 Å². The van der Waals surface area contributed by atoms with Gasteiger partial charge in [0.25, 0.3) is 0 Å². The molecule has 0 aliphatic heterocycles. The number of hydrogen-bond acceptors (Lipinski definition) is 4. The van der Waals surface area contributed by atoms with Crippen molar-refractivity contribution in [2.24, 2.45) is 0 Å². The van der Waals surface area contributed by atoms with Crippen molar-refractivity contribution >= 4 is 15.9 Å². The first kappa shape index (κ1) is 10.2. The molecule has 0 bridgehead atoms. The van der Waals surface area contributed by atoms with Crippen LogP contribution in [0.5, 0.6) is 0 Å². The molecule has 2 heterocycles. The van der Waals surface area contributed by atoms with Crippen LogP contribution in [-0.2, 0) is 0 Å². The van der Waals surface area contributed by atoms with Crippen LogP contribution in [0.1, 0.15) is 0 Å². The Kier molecular flexibility index (Phi) is 2.45. The van der Waals surface area contributed by atoms with Crippen molar-refractivity contribution in [1.29, 1.82) is 0 Å². The number of tetrazole rings is 1. The molecule has 2 aromatic heterocycles. The van der Waals surface area contributed by atoms with E-state index in [2.05, 4.69) is 41.7 Å². The zero-order valence-corrected chi connectivity index (χ0v) is 10.2. The van der Waals surface area contributed by atoms with Crippen LogP contribution in [-0.4, -0.2) is 30.4 Å². The first-order valence-electron chi connectivity index (χ1n) is 4.87. The maximum Gasteiger partial charge on any atom is 0.207 e. The highest BCUT2D eigenvalue weighted by molar-refractivity contribution is 9.10. The van der Waals surface area contributed by atoms with Crippen molar-refractivity contribution < 1.29 is 0 Å². The van der Waals surface area contributed by atoms with Crippen molar-refractivity contribution in [3.8, 4) is 17.1 Å². The fraction of sp³-hybridized carbons (Fsp3) is 0. The number of benzene rings is 1. The summed E-state index contributed by atoms with van der Waals surface area (Å²) in [4.78, 5) is 0. The van der Waals surface area contributed by atoms with E-state index in [0.29, 0.717) is 5.82 Å². The second kappa shape index (κ2) is 4.10. The second-order valence-corrected chi connectivity index (χ2v) is 4.30. The highest BCUT2D eigenvalue weighted by Gasteiger charge is 2.06. The molecular formula is C10H7BrN6. The molecule has 6 nitrogen and oxygen atoms in total. The number of H-pyrrole nitrogens is 1. The third-order valence-electron chi connectivity index (χ3n) is 2.26. The molecule has 0 fully saturated rings. The van der Waals surface area contributed by atoms with Crippen LogP contribution in [0, 0.1) is 0 Å². The highest BCUT2D eigenvalue weighted by atomic mass is 79.9. The maximum atomic E-state index is 4.26. The molecule has 0 saturated carbocycles. The summed E-state index contributed by atoms with van der Waals surface area (Å²) < 4.78 is 2.77. The SMILES string of the molecule is Brc1cccc(-n2cc(-c3nn[nH]n3)cn2)c1. The van der Waals surface area contributed by atoms with Crippen LogP contribution in [0.3, 0.4) is 0 Å².